The number of hydrogen-bond acceptors (Lipinski definition) is 3. The average molecular weight is 345 g/mol. The fourth-order valence-corrected chi connectivity index (χ4v) is 2.82. The third-order valence-electron chi connectivity index (χ3n) is 4.03. The van der Waals surface area contributed by atoms with Gasteiger partial charge < -0.3 is 10.1 Å². The number of hydrogen-bond donors (Lipinski definition) is 1. The van der Waals surface area contributed by atoms with Crippen molar-refractivity contribution in [1.29, 1.82) is 0 Å². The SMILES string of the molecule is C=CC[C@H](CC(C)C)C(=O)N[C@@H](CCc1ccccc1)C(=O)OCC. The van der Waals surface area contributed by atoms with Gasteiger partial charge in [-0.05, 0) is 44.1 Å². The van der Waals surface area contributed by atoms with Crippen LogP contribution in [0.4, 0.5) is 0 Å². The van der Waals surface area contributed by atoms with E-state index in [0.717, 1.165) is 12.0 Å². The maximum atomic E-state index is 12.6. The zero-order valence-corrected chi connectivity index (χ0v) is 15.7. The molecule has 0 bridgehead atoms. The van der Waals surface area contributed by atoms with Crippen molar-refractivity contribution in [3.63, 3.8) is 0 Å². The average Bonchev–Trinajstić information content (AvgIpc) is 2.58. The molecule has 1 rings (SSSR count). The normalized spacial score (nSPS) is 13.1. The van der Waals surface area contributed by atoms with Gasteiger partial charge in [0.15, 0.2) is 0 Å². The van der Waals surface area contributed by atoms with E-state index in [4.69, 9.17) is 4.74 Å². The van der Waals surface area contributed by atoms with Crippen molar-refractivity contribution in [3.05, 3.63) is 48.6 Å². The summed E-state index contributed by atoms with van der Waals surface area (Å²) in [4.78, 5) is 24.9. The van der Waals surface area contributed by atoms with Crippen LogP contribution in [-0.2, 0) is 20.7 Å². The second-order valence-corrected chi connectivity index (χ2v) is 6.69. The first kappa shape index (κ1) is 20.9. The lowest BCUT2D eigenvalue weighted by Gasteiger charge is -2.22. The molecule has 0 aliphatic heterocycles. The van der Waals surface area contributed by atoms with Crippen LogP contribution < -0.4 is 5.32 Å². The Labute approximate surface area is 151 Å². The molecule has 25 heavy (non-hydrogen) atoms. The standard InChI is InChI=1S/C21H31NO3/c1-5-10-18(15-16(3)4)20(23)22-19(21(24)25-6-2)14-13-17-11-8-7-9-12-17/h5,7-9,11-12,16,18-19H,1,6,10,13-15H2,2-4H3,(H,22,23)/t18-,19+/m1/s1. The molecule has 0 fully saturated rings. The first-order chi connectivity index (χ1) is 12.0. The lowest BCUT2D eigenvalue weighted by atomic mass is 9.93. The smallest absolute Gasteiger partial charge is 0.328 e. The molecule has 0 spiro atoms. The van der Waals surface area contributed by atoms with Gasteiger partial charge in [0.1, 0.15) is 6.04 Å². The van der Waals surface area contributed by atoms with Crippen LogP contribution in [0.2, 0.25) is 0 Å². The number of allylic oxidation sites excluding steroid dienone is 1. The minimum Gasteiger partial charge on any atom is -0.464 e. The van der Waals surface area contributed by atoms with Crippen molar-refractivity contribution in [1.82, 2.24) is 5.32 Å². The Morgan fingerprint density at radius 3 is 2.48 bits per heavy atom. The van der Waals surface area contributed by atoms with E-state index >= 15 is 0 Å². The summed E-state index contributed by atoms with van der Waals surface area (Å²) in [6.07, 6.45) is 4.37. The van der Waals surface area contributed by atoms with Crippen LogP contribution in [0, 0.1) is 11.8 Å². The summed E-state index contributed by atoms with van der Waals surface area (Å²) in [5.41, 5.74) is 1.14. The van der Waals surface area contributed by atoms with Crippen molar-refractivity contribution in [2.75, 3.05) is 6.61 Å². The van der Waals surface area contributed by atoms with E-state index in [1.54, 1.807) is 13.0 Å². The largest absolute Gasteiger partial charge is 0.464 e. The summed E-state index contributed by atoms with van der Waals surface area (Å²) >= 11 is 0. The molecular formula is C21H31NO3. The van der Waals surface area contributed by atoms with E-state index in [1.165, 1.54) is 0 Å². The molecule has 0 heterocycles. The summed E-state index contributed by atoms with van der Waals surface area (Å²) in [6, 6.07) is 9.31. The van der Waals surface area contributed by atoms with Gasteiger partial charge in [0, 0.05) is 5.92 Å². The number of carbonyl (C=O) groups excluding carboxylic acids is 2. The van der Waals surface area contributed by atoms with Crippen molar-refractivity contribution in [3.8, 4) is 0 Å². The predicted molar refractivity (Wildman–Crippen MR) is 101 cm³/mol. The van der Waals surface area contributed by atoms with Crippen molar-refractivity contribution >= 4 is 11.9 Å². The van der Waals surface area contributed by atoms with E-state index in [-0.39, 0.29) is 17.8 Å². The molecule has 138 valence electrons. The fourth-order valence-electron chi connectivity index (χ4n) is 2.82. The van der Waals surface area contributed by atoms with Crippen molar-refractivity contribution in [2.24, 2.45) is 11.8 Å². The molecule has 0 aliphatic rings. The third kappa shape index (κ3) is 8.01. The molecular weight excluding hydrogens is 314 g/mol. The first-order valence-corrected chi connectivity index (χ1v) is 9.09. The van der Waals surface area contributed by atoms with E-state index in [1.807, 2.05) is 30.3 Å². The third-order valence-corrected chi connectivity index (χ3v) is 4.03. The van der Waals surface area contributed by atoms with Gasteiger partial charge in [0.25, 0.3) is 0 Å². The van der Waals surface area contributed by atoms with Crippen LogP contribution in [0.25, 0.3) is 0 Å². The molecule has 4 heteroatoms. The Balaban J connectivity index is 2.75. The molecule has 2 atom stereocenters. The Hall–Kier alpha value is -2.10. The van der Waals surface area contributed by atoms with E-state index in [9.17, 15) is 9.59 Å². The zero-order valence-electron chi connectivity index (χ0n) is 15.7. The predicted octanol–water partition coefficient (Wildman–Crippen LogP) is 3.91. The first-order valence-electron chi connectivity index (χ1n) is 9.09. The van der Waals surface area contributed by atoms with E-state index < -0.39 is 6.04 Å². The highest BCUT2D eigenvalue weighted by Gasteiger charge is 2.26. The van der Waals surface area contributed by atoms with Gasteiger partial charge in [-0.25, -0.2) is 4.79 Å². The van der Waals surface area contributed by atoms with Crippen LogP contribution >= 0.6 is 0 Å². The summed E-state index contributed by atoms with van der Waals surface area (Å²) in [7, 11) is 0. The molecule has 0 aliphatic carbocycles. The number of nitrogens with one attached hydrogen (secondary N) is 1. The van der Waals surface area contributed by atoms with Crippen LogP contribution in [0.3, 0.4) is 0 Å². The Kier molecular flexibility index (Phi) is 9.60. The van der Waals surface area contributed by atoms with Crippen LogP contribution in [-0.4, -0.2) is 24.5 Å². The van der Waals surface area contributed by atoms with Gasteiger partial charge in [-0.3, -0.25) is 4.79 Å². The Morgan fingerprint density at radius 2 is 1.92 bits per heavy atom. The highest BCUT2D eigenvalue weighted by molar-refractivity contribution is 5.85. The number of carbonyl (C=O) groups is 2. The summed E-state index contributed by atoms with van der Waals surface area (Å²) in [5.74, 6) is -0.222. The van der Waals surface area contributed by atoms with Gasteiger partial charge in [0.05, 0.1) is 6.61 Å². The van der Waals surface area contributed by atoms with Gasteiger partial charge in [-0.2, -0.15) is 0 Å². The number of rotatable bonds is 11. The molecule has 1 amide bonds. The zero-order chi connectivity index (χ0) is 18.7. The Morgan fingerprint density at radius 1 is 1.24 bits per heavy atom. The molecule has 4 nitrogen and oxygen atoms in total. The molecule has 0 aromatic heterocycles. The second-order valence-electron chi connectivity index (χ2n) is 6.69. The van der Waals surface area contributed by atoms with Gasteiger partial charge >= 0.3 is 5.97 Å². The summed E-state index contributed by atoms with van der Waals surface area (Å²) in [6.45, 7) is 9.98. The lowest BCUT2D eigenvalue weighted by Crippen LogP contribution is -2.45. The highest BCUT2D eigenvalue weighted by atomic mass is 16.5. The lowest BCUT2D eigenvalue weighted by molar-refractivity contribution is -0.148. The molecule has 1 aromatic rings. The Bertz CT molecular complexity index is 539. The summed E-state index contributed by atoms with van der Waals surface area (Å²) in [5, 5.41) is 2.90. The summed E-state index contributed by atoms with van der Waals surface area (Å²) < 4.78 is 5.14. The minimum atomic E-state index is -0.618. The minimum absolute atomic E-state index is 0.0975. The topological polar surface area (TPSA) is 55.4 Å². The molecule has 0 saturated heterocycles. The van der Waals surface area contributed by atoms with Gasteiger partial charge in [0.2, 0.25) is 5.91 Å². The maximum Gasteiger partial charge on any atom is 0.328 e. The van der Waals surface area contributed by atoms with Crippen molar-refractivity contribution < 1.29 is 14.3 Å². The highest BCUT2D eigenvalue weighted by Crippen LogP contribution is 2.17. The van der Waals surface area contributed by atoms with Crippen molar-refractivity contribution in [2.45, 2.75) is 52.5 Å². The fraction of sp³-hybridized carbons (Fsp3) is 0.524. The molecule has 1 aromatic carbocycles. The van der Waals surface area contributed by atoms with Gasteiger partial charge in [-0.1, -0.05) is 50.3 Å². The van der Waals surface area contributed by atoms with Crippen LogP contribution in [0.1, 0.15) is 45.6 Å². The van der Waals surface area contributed by atoms with Crippen LogP contribution in [0.5, 0.6) is 0 Å². The second kappa shape index (κ2) is 11.5. The number of esters is 1. The molecule has 0 radical (unpaired) electrons. The number of ether oxygens (including phenoxy) is 1. The quantitative estimate of drug-likeness (QED) is 0.489. The maximum absolute atomic E-state index is 12.6. The monoisotopic (exact) mass is 345 g/mol. The molecule has 1 N–H and O–H groups in total. The number of benzene rings is 1. The van der Waals surface area contributed by atoms with Crippen LogP contribution in [0.15, 0.2) is 43.0 Å². The number of aryl methyl sites for hydroxylation is 1. The number of amides is 1. The van der Waals surface area contributed by atoms with E-state index in [0.29, 0.717) is 31.8 Å². The van der Waals surface area contributed by atoms with Gasteiger partial charge in [-0.15, -0.1) is 6.58 Å². The molecule has 0 unspecified atom stereocenters. The van der Waals surface area contributed by atoms with E-state index in [2.05, 4.69) is 25.7 Å². The molecule has 0 saturated carbocycles.